The molecule has 0 saturated carbocycles. The van der Waals surface area contributed by atoms with Gasteiger partial charge in [-0.1, -0.05) is 41.9 Å². The number of hydrogen-bond acceptors (Lipinski definition) is 3. The molecule has 2 aromatic heterocycles. The summed E-state index contributed by atoms with van der Waals surface area (Å²) in [6, 6.07) is 18.9. The summed E-state index contributed by atoms with van der Waals surface area (Å²) in [5.74, 6) is 0.0643. The molecular weight excluding hydrogens is 372 g/mol. The number of aromatic nitrogens is 2. The number of carbonyl (C=O) groups excluding carboxylic acids is 1. The van der Waals surface area contributed by atoms with Crippen molar-refractivity contribution in [2.75, 3.05) is 0 Å². The number of H-pyrrole nitrogens is 1. The lowest BCUT2D eigenvalue weighted by Crippen LogP contribution is -2.08. The summed E-state index contributed by atoms with van der Waals surface area (Å²) in [7, 11) is 0. The number of nitrogens with zero attached hydrogens (tertiary/aromatic N) is 1. The van der Waals surface area contributed by atoms with Crippen LogP contribution in [0.4, 0.5) is 0 Å². The number of benzene rings is 3. The Balaban J connectivity index is 1.54. The van der Waals surface area contributed by atoms with E-state index in [1.54, 1.807) is 18.3 Å². The summed E-state index contributed by atoms with van der Waals surface area (Å²) in [4.78, 5) is 20.2. The SMILES string of the molecule is Cc1cnc(Cl)c2c1[nH]c1ccc(OC(=O)c3ccc4ccccc4c3)cc12. The van der Waals surface area contributed by atoms with Crippen LogP contribution in [0.5, 0.6) is 5.75 Å². The predicted molar refractivity (Wildman–Crippen MR) is 112 cm³/mol. The summed E-state index contributed by atoms with van der Waals surface area (Å²) in [6.45, 7) is 1.97. The van der Waals surface area contributed by atoms with Crippen LogP contribution in [0.2, 0.25) is 5.15 Å². The largest absolute Gasteiger partial charge is 0.423 e. The maximum atomic E-state index is 12.6. The molecule has 0 radical (unpaired) electrons. The van der Waals surface area contributed by atoms with Crippen LogP contribution in [-0.2, 0) is 0 Å². The van der Waals surface area contributed by atoms with Gasteiger partial charge in [-0.2, -0.15) is 0 Å². The lowest BCUT2D eigenvalue weighted by molar-refractivity contribution is 0.0735. The van der Waals surface area contributed by atoms with Gasteiger partial charge in [-0.15, -0.1) is 0 Å². The van der Waals surface area contributed by atoms with E-state index < -0.39 is 5.97 Å². The molecule has 0 aliphatic carbocycles. The zero-order chi connectivity index (χ0) is 19.3. The highest BCUT2D eigenvalue weighted by atomic mass is 35.5. The number of carbonyl (C=O) groups is 1. The summed E-state index contributed by atoms with van der Waals surface area (Å²) < 4.78 is 5.63. The normalized spacial score (nSPS) is 11.4. The van der Waals surface area contributed by atoms with Crippen LogP contribution in [0.3, 0.4) is 0 Å². The standard InChI is InChI=1S/C23H15ClN2O2/c1-13-12-25-22(24)20-18-11-17(8-9-19(18)26-21(13)20)28-23(27)16-7-6-14-4-2-3-5-15(14)10-16/h2-12,26H,1H3. The van der Waals surface area contributed by atoms with Gasteiger partial charge in [0.05, 0.1) is 11.1 Å². The third-order valence-electron chi connectivity index (χ3n) is 4.94. The molecule has 0 aliphatic heterocycles. The first kappa shape index (κ1) is 16.8. The number of ether oxygens (including phenoxy) is 1. The molecule has 5 rings (SSSR count). The van der Waals surface area contributed by atoms with E-state index in [1.807, 2.05) is 55.5 Å². The van der Waals surface area contributed by atoms with Gasteiger partial charge < -0.3 is 9.72 Å². The molecule has 136 valence electrons. The molecule has 0 spiro atoms. The summed E-state index contributed by atoms with van der Waals surface area (Å²) in [5.41, 5.74) is 3.37. The third-order valence-corrected chi connectivity index (χ3v) is 5.22. The first-order valence-corrected chi connectivity index (χ1v) is 9.25. The van der Waals surface area contributed by atoms with Gasteiger partial charge >= 0.3 is 5.97 Å². The second-order valence-corrected chi connectivity index (χ2v) is 7.12. The van der Waals surface area contributed by atoms with Crippen molar-refractivity contribution in [2.24, 2.45) is 0 Å². The Hall–Kier alpha value is -3.37. The summed E-state index contributed by atoms with van der Waals surface area (Å²) in [6.07, 6.45) is 1.74. The Kier molecular flexibility index (Phi) is 3.81. The monoisotopic (exact) mass is 386 g/mol. The van der Waals surface area contributed by atoms with Gasteiger partial charge in [0.1, 0.15) is 10.9 Å². The van der Waals surface area contributed by atoms with Crippen LogP contribution in [0, 0.1) is 6.92 Å². The van der Waals surface area contributed by atoms with E-state index >= 15 is 0 Å². The molecule has 0 atom stereocenters. The van der Waals surface area contributed by atoms with Gasteiger partial charge in [0, 0.05) is 22.5 Å². The van der Waals surface area contributed by atoms with Crippen molar-refractivity contribution < 1.29 is 9.53 Å². The Bertz CT molecular complexity index is 1390. The molecule has 4 nitrogen and oxygen atoms in total. The molecule has 5 heteroatoms. The van der Waals surface area contributed by atoms with Crippen molar-refractivity contribution >= 4 is 50.1 Å². The van der Waals surface area contributed by atoms with Crippen molar-refractivity contribution in [3.05, 3.63) is 83.1 Å². The number of esters is 1. The highest BCUT2D eigenvalue weighted by Crippen LogP contribution is 2.34. The minimum absolute atomic E-state index is 0.398. The highest BCUT2D eigenvalue weighted by molar-refractivity contribution is 6.36. The third kappa shape index (κ3) is 2.70. The van der Waals surface area contributed by atoms with E-state index in [0.717, 1.165) is 38.1 Å². The van der Waals surface area contributed by atoms with E-state index in [-0.39, 0.29) is 0 Å². The number of nitrogens with one attached hydrogen (secondary N) is 1. The zero-order valence-electron chi connectivity index (χ0n) is 15.0. The van der Waals surface area contributed by atoms with Gasteiger partial charge in [0.15, 0.2) is 0 Å². The molecule has 2 heterocycles. The van der Waals surface area contributed by atoms with Crippen LogP contribution in [0.25, 0.3) is 32.6 Å². The van der Waals surface area contributed by atoms with E-state index in [1.165, 1.54) is 0 Å². The number of fused-ring (bicyclic) bond motifs is 4. The number of rotatable bonds is 2. The number of aromatic amines is 1. The second kappa shape index (κ2) is 6.36. The summed E-state index contributed by atoms with van der Waals surface area (Å²) in [5, 5.41) is 4.21. The van der Waals surface area contributed by atoms with Crippen LogP contribution in [0.1, 0.15) is 15.9 Å². The van der Waals surface area contributed by atoms with Crippen LogP contribution in [0.15, 0.2) is 66.9 Å². The van der Waals surface area contributed by atoms with Gasteiger partial charge in [0.2, 0.25) is 0 Å². The molecule has 0 unspecified atom stereocenters. The number of hydrogen-bond donors (Lipinski definition) is 1. The van der Waals surface area contributed by atoms with Gasteiger partial charge in [0.25, 0.3) is 0 Å². The maximum Gasteiger partial charge on any atom is 0.343 e. The van der Waals surface area contributed by atoms with Crippen molar-refractivity contribution in [3.8, 4) is 5.75 Å². The number of pyridine rings is 1. The quantitative estimate of drug-likeness (QED) is 0.228. The number of halogens is 1. The second-order valence-electron chi connectivity index (χ2n) is 6.77. The van der Waals surface area contributed by atoms with Crippen molar-refractivity contribution in [1.29, 1.82) is 0 Å². The molecule has 0 bridgehead atoms. The summed E-state index contributed by atoms with van der Waals surface area (Å²) >= 11 is 6.32. The Morgan fingerprint density at radius 3 is 2.71 bits per heavy atom. The Labute approximate surface area is 165 Å². The van der Waals surface area contributed by atoms with Crippen molar-refractivity contribution in [1.82, 2.24) is 9.97 Å². The van der Waals surface area contributed by atoms with E-state index in [0.29, 0.717) is 16.5 Å². The van der Waals surface area contributed by atoms with Crippen LogP contribution in [-0.4, -0.2) is 15.9 Å². The Morgan fingerprint density at radius 2 is 1.86 bits per heavy atom. The molecular formula is C23H15ClN2O2. The molecule has 0 aliphatic rings. The minimum atomic E-state index is -0.398. The Morgan fingerprint density at radius 1 is 1.04 bits per heavy atom. The van der Waals surface area contributed by atoms with Crippen LogP contribution < -0.4 is 4.74 Å². The first-order valence-electron chi connectivity index (χ1n) is 8.88. The molecule has 5 aromatic rings. The molecule has 28 heavy (non-hydrogen) atoms. The first-order chi connectivity index (χ1) is 13.6. The molecule has 0 fully saturated rings. The van der Waals surface area contributed by atoms with Crippen molar-refractivity contribution in [2.45, 2.75) is 6.92 Å². The highest BCUT2D eigenvalue weighted by Gasteiger charge is 2.14. The average molecular weight is 387 g/mol. The number of aryl methyl sites for hydroxylation is 1. The minimum Gasteiger partial charge on any atom is -0.423 e. The van der Waals surface area contributed by atoms with Crippen molar-refractivity contribution in [3.63, 3.8) is 0 Å². The predicted octanol–water partition coefficient (Wildman–Crippen LogP) is 6.05. The van der Waals surface area contributed by atoms with E-state index in [2.05, 4.69) is 9.97 Å². The fourth-order valence-electron chi connectivity index (χ4n) is 3.51. The fourth-order valence-corrected chi connectivity index (χ4v) is 3.75. The van der Waals surface area contributed by atoms with E-state index in [4.69, 9.17) is 16.3 Å². The molecule has 1 N–H and O–H groups in total. The molecule has 0 amide bonds. The maximum absolute atomic E-state index is 12.6. The lowest BCUT2D eigenvalue weighted by atomic mass is 10.1. The van der Waals surface area contributed by atoms with Gasteiger partial charge in [-0.05, 0) is 53.6 Å². The average Bonchev–Trinajstić information content (AvgIpc) is 3.10. The molecule has 0 saturated heterocycles. The van der Waals surface area contributed by atoms with Gasteiger partial charge in [-0.3, -0.25) is 0 Å². The fraction of sp³-hybridized carbons (Fsp3) is 0.0435. The van der Waals surface area contributed by atoms with E-state index in [9.17, 15) is 4.79 Å². The van der Waals surface area contributed by atoms with Crippen LogP contribution >= 0.6 is 11.6 Å². The topological polar surface area (TPSA) is 55.0 Å². The smallest absolute Gasteiger partial charge is 0.343 e. The zero-order valence-corrected chi connectivity index (χ0v) is 15.7. The van der Waals surface area contributed by atoms with Gasteiger partial charge in [-0.25, -0.2) is 9.78 Å². The lowest BCUT2D eigenvalue weighted by Gasteiger charge is -2.06. The molecule has 3 aromatic carbocycles.